The Morgan fingerprint density at radius 2 is 2.47 bits per heavy atom. The molecule has 0 atom stereocenters. The number of nitrogens with one attached hydrogen (secondary N) is 1. The lowest BCUT2D eigenvalue weighted by Crippen LogP contribution is -2.33. The van der Waals surface area contributed by atoms with E-state index < -0.39 is 0 Å². The Bertz CT molecular complexity index is 527. The van der Waals surface area contributed by atoms with Gasteiger partial charge in [-0.1, -0.05) is 0 Å². The van der Waals surface area contributed by atoms with Crippen LogP contribution in [0.1, 0.15) is 15.2 Å². The predicted molar refractivity (Wildman–Crippen MR) is 77.2 cm³/mol. The molecule has 0 fully saturated rings. The summed E-state index contributed by atoms with van der Waals surface area (Å²) in [7, 11) is 1.63. The van der Waals surface area contributed by atoms with Gasteiger partial charge < -0.3 is 9.64 Å². The van der Waals surface area contributed by atoms with E-state index in [1.165, 1.54) is 6.20 Å². The molecule has 2 heterocycles. The lowest BCUT2D eigenvalue weighted by Gasteiger charge is -2.21. The first kappa shape index (κ1) is 14.2. The van der Waals surface area contributed by atoms with Gasteiger partial charge in [0.05, 0.1) is 24.9 Å². The van der Waals surface area contributed by atoms with Gasteiger partial charge in [-0.2, -0.15) is 5.10 Å². The third-order valence-corrected chi connectivity index (χ3v) is 4.25. The van der Waals surface area contributed by atoms with E-state index in [9.17, 15) is 4.79 Å². The summed E-state index contributed by atoms with van der Waals surface area (Å²) < 4.78 is 6.10. The quantitative estimate of drug-likeness (QED) is 0.876. The summed E-state index contributed by atoms with van der Waals surface area (Å²) in [5.41, 5.74) is 0.562. The number of H-pyrrole nitrogens is 1. The minimum absolute atomic E-state index is 0.0460. The third-order valence-electron chi connectivity index (χ3n) is 2.57. The van der Waals surface area contributed by atoms with Crippen molar-refractivity contribution in [3.8, 4) is 0 Å². The zero-order valence-electron chi connectivity index (χ0n) is 10.4. The van der Waals surface area contributed by atoms with Gasteiger partial charge in [-0.15, -0.1) is 11.3 Å². The number of hydrogen-bond acceptors (Lipinski definition) is 4. The van der Waals surface area contributed by atoms with E-state index in [1.807, 2.05) is 11.4 Å². The fourth-order valence-corrected chi connectivity index (χ4v) is 3.09. The predicted octanol–water partition coefficient (Wildman–Crippen LogP) is 2.52. The molecule has 7 heteroatoms. The molecule has 1 N–H and O–H groups in total. The monoisotopic (exact) mass is 343 g/mol. The molecule has 0 radical (unpaired) electrons. The molecule has 5 nitrogen and oxygen atoms in total. The molecule has 102 valence electrons. The topological polar surface area (TPSA) is 58.2 Å². The smallest absolute Gasteiger partial charge is 0.257 e. The second-order valence-electron chi connectivity index (χ2n) is 3.94. The number of nitrogens with zero attached hydrogens (tertiary/aromatic N) is 2. The van der Waals surface area contributed by atoms with E-state index in [1.54, 1.807) is 29.5 Å². The van der Waals surface area contributed by atoms with Crippen LogP contribution in [0.4, 0.5) is 0 Å². The van der Waals surface area contributed by atoms with Crippen molar-refractivity contribution in [2.24, 2.45) is 0 Å². The minimum Gasteiger partial charge on any atom is -0.383 e. The number of ether oxygens (including phenoxy) is 1. The first-order valence-electron chi connectivity index (χ1n) is 5.70. The maximum Gasteiger partial charge on any atom is 0.257 e. The fraction of sp³-hybridized carbons (Fsp3) is 0.333. The van der Waals surface area contributed by atoms with Gasteiger partial charge in [-0.3, -0.25) is 9.89 Å². The molecule has 19 heavy (non-hydrogen) atoms. The van der Waals surface area contributed by atoms with Crippen LogP contribution in [0, 0.1) is 0 Å². The number of halogens is 1. The van der Waals surface area contributed by atoms with Gasteiger partial charge in [-0.25, -0.2) is 0 Å². The zero-order chi connectivity index (χ0) is 13.7. The molecular formula is C12H14BrN3O2S. The molecule has 0 unspecified atom stereocenters. The average molecular weight is 344 g/mol. The molecule has 0 saturated carbocycles. The van der Waals surface area contributed by atoms with Gasteiger partial charge in [0.2, 0.25) is 0 Å². The van der Waals surface area contributed by atoms with Crippen molar-refractivity contribution in [3.05, 3.63) is 38.8 Å². The van der Waals surface area contributed by atoms with Crippen LogP contribution >= 0.6 is 27.3 Å². The van der Waals surface area contributed by atoms with Gasteiger partial charge in [0.25, 0.3) is 5.91 Å². The molecule has 1 amide bonds. The lowest BCUT2D eigenvalue weighted by molar-refractivity contribution is 0.0682. The first-order valence-corrected chi connectivity index (χ1v) is 7.38. The Labute approximate surface area is 123 Å². The summed E-state index contributed by atoms with van der Waals surface area (Å²) in [5.74, 6) is -0.0460. The zero-order valence-corrected chi connectivity index (χ0v) is 12.8. The molecule has 2 aromatic heterocycles. The second kappa shape index (κ2) is 6.83. The van der Waals surface area contributed by atoms with E-state index in [0.29, 0.717) is 25.3 Å². The van der Waals surface area contributed by atoms with Gasteiger partial charge >= 0.3 is 0 Å². The third kappa shape index (κ3) is 3.89. The van der Waals surface area contributed by atoms with Crippen molar-refractivity contribution in [1.82, 2.24) is 15.1 Å². The maximum atomic E-state index is 12.3. The molecular weight excluding hydrogens is 330 g/mol. The number of aromatic amines is 1. The summed E-state index contributed by atoms with van der Waals surface area (Å²) in [5, 5.41) is 8.47. The van der Waals surface area contributed by atoms with Gasteiger partial charge in [0, 0.05) is 34.6 Å². The lowest BCUT2D eigenvalue weighted by atomic mass is 10.3. The first-order chi connectivity index (χ1) is 9.20. The van der Waals surface area contributed by atoms with E-state index in [4.69, 9.17) is 4.74 Å². The van der Waals surface area contributed by atoms with E-state index in [-0.39, 0.29) is 5.91 Å². The highest BCUT2D eigenvalue weighted by molar-refractivity contribution is 9.10. The Morgan fingerprint density at radius 3 is 3.05 bits per heavy atom. The molecule has 2 aromatic rings. The van der Waals surface area contributed by atoms with Crippen LogP contribution in [-0.2, 0) is 11.3 Å². The largest absolute Gasteiger partial charge is 0.383 e. The summed E-state index contributed by atoms with van der Waals surface area (Å²) >= 11 is 5.04. The van der Waals surface area contributed by atoms with Crippen molar-refractivity contribution in [2.75, 3.05) is 20.3 Å². The molecule has 0 saturated heterocycles. The number of rotatable bonds is 6. The molecule has 0 aliphatic heterocycles. The number of aromatic nitrogens is 2. The molecule has 0 bridgehead atoms. The number of carbonyl (C=O) groups excluding carboxylic acids is 1. The van der Waals surface area contributed by atoms with Crippen LogP contribution in [0.5, 0.6) is 0 Å². The number of methoxy groups -OCH3 is 1. The van der Waals surface area contributed by atoms with Crippen molar-refractivity contribution >= 4 is 33.2 Å². The summed E-state index contributed by atoms with van der Waals surface area (Å²) in [6, 6.07) is 2.02. The second-order valence-corrected chi connectivity index (χ2v) is 5.85. The van der Waals surface area contributed by atoms with Crippen LogP contribution in [-0.4, -0.2) is 41.3 Å². The Hall–Kier alpha value is -1.18. The summed E-state index contributed by atoms with van der Waals surface area (Å²) in [4.78, 5) is 15.2. The Kier molecular flexibility index (Phi) is 5.12. The molecule has 0 spiro atoms. The normalized spacial score (nSPS) is 10.6. The van der Waals surface area contributed by atoms with Gasteiger partial charge in [0.1, 0.15) is 0 Å². The molecule has 0 aliphatic carbocycles. The van der Waals surface area contributed by atoms with Crippen LogP contribution in [0.2, 0.25) is 0 Å². The maximum absolute atomic E-state index is 12.3. The van der Waals surface area contributed by atoms with Crippen LogP contribution in [0.15, 0.2) is 28.3 Å². The minimum atomic E-state index is -0.0460. The van der Waals surface area contributed by atoms with E-state index in [0.717, 1.165) is 9.35 Å². The highest BCUT2D eigenvalue weighted by atomic mass is 79.9. The highest BCUT2D eigenvalue weighted by Crippen LogP contribution is 2.21. The summed E-state index contributed by atoms with van der Waals surface area (Å²) in [6.07, 6.45) is 3.14. The number of amides is 1. The molecule has 0 aromatic carbocycles. The molecule has 2 rings (SSSR count). The highest BCUT2D eigenvalue weighted by Gasteiger charge is 2.17. The van der Waals surface area contributed by atoms with Crippen LogP contribution in [0.25, 0.3) is 0 Å². The number of carbonyl (C=O) groups is 1. The van der Waals surface area contributed by atoms with Gasteiger partial charge in [-0.05, 0) is 22.0 Å². The Balaban J connectivity index is 2.09. The van der Waals surface area contributed by atoms with Gasteiger partial charge in [0.15, 0.2) is 0 Å². The van der Waals surface area contributed by atoms with Crippen LogP contribution in [0.3, 0.4) is 0 Å². The Morgan fingerprint density at radius 1 is 1.63 bits per heavy atom. The van der Waals surface area contributed by atoms with Crippen molar-refractivity contribution < 1.29 is 9.53 Å². The molecule has 0 aliphatic rings. The SMILES string of the molecule is COCCN(Cc1cc(Br)cs1)C(=O)c1cn[nH]c1. The van der Waals surface area contributed by atoms with Crippen LogP contribution < -0.4 is 0 Å². The van der Waals surface area contributed by atoms with E-state index >= 15 is 0 Å². The number of thiophene rings is 1. The standard InChI is InChI=1S/C12H14BrN3O2S/c1-18-3-2-16(7-11-4-10(13)8-19-11)12(17)9-5-14-15-6-9/h4-6,8H,2-3,7H2,1H3,(H,14,15). The summed E-state index contributed by atoms with van der Waals surface area (Å²) in [6.45, 7) is 1.63. The van der Waals surface area contributed by atoms with E-state index in [2.05, 4.69) is 26.1 Å². The average Bonchev–Trinajstić information content (AvgIpc) is 3.05. The number of hydrogen-bond donors (Lipinski definition) is 1. The van der Waals surface area contributed by atoms with Crippen molar-refractivity contribution in [3.63, 3.8) is 0 Å². The van der Waals surface area contributed by atoms with Crippen molar-refractivity contribution in [2.45, 2.75) is 6.54 Å². The fourth-order valence-electron chi connectivity index (χ4n) is 1.63. The van der Waals surface area contributed by atoms with Crippen molar-refractivity contribution in [1.29, 1.82) is 0 Å².